The highest BCUT2D eigenvalue weighted by Crippen LogP contribution is 2.40. The van der Waals surface area contributed by atoms with Crippen molar-refractivity contribution < 1.29 is 14.0 Å². The average Bonchev–Trinajstić information content (AvgIpc) is 2.11. The van der Waals surface area contributed by atoms with E-state index in [4.69, 9.17) is 4.52 Å². The van der Waals surface area contributed by atoms with E-state index in [1.165, 1.54) is 12.2 Å². The molecule has 0 aliphatic carbocycles. The summed E-state index contributed by atoms with van der Waals surface area (Å²) in [6.45, 7) is 12.3. The molecule has 0 spiro atoms. The molecule has 1 atom stereocenters. The Kier molecular flexibility index (Phi) is 4.54. The second-order valence-electron chi connectivity index (χ2n) is 7.04. The largest absolute Gasteiger partial charge is 0.425 e. The van der Waals surface area contributed by atoms with Gasteiger partial charge in [0.1, 0.15) is 5.75 Å². The SMILES string of the molecule is CC(C)(C)CC(C)(C)c1ccc(OP(C)(=O)O)cc1. The summed E-state index contributed by atoms with van der Waals surface area (Å²) in [6.07, 6.45) is 1.06. The molecule has 3 nitrogen and oxygen atoms in total. The van der Waals surface area contributed by atoms with Crippen LogP contribution in [0.25, 0.3) is 0 Å². The monoisotopic (exact) mass is 284 g/mol. The fraction of sp³-hybridized carbons (Fsp3) is 0.600. The molecular weight excluding hydrogens is 259 g/mol. The van der Waals surface area contributed by atoms with Crippen LogP contribution in [0.2, 0.25) is 0 Å². The lowest BCUT2D eigenvalue weighted by atomic mass is 9.72. The summed E-state index contributed by atoms with van der Waals surface area (Å²) in [7, 11) is -3.48. The third kappa shape index (κ3) is 5.80. The standard InChI is InChI=1S/C15H25O3P/c1-14(2,3)11-15(4,5)12-7-9-13(10-8-12)18-19(6,16)17/h7-10H,11H2,1-6H3,(H,16,17). The third-order valence-electron chi connectivity index (χ3n) is 2.88. The summed E-state index contributed by atoms with van der Waals surface area (Å²) in [5.74, 6) is 0.434. The highest BCUT2D eigenvalue weighted by atomic mass is 31.2. The first-order chi connectivity index (χ1) is 8.39. The lowest BCUT2D eigenvalue weighted by Crippen LogP contribution is -2.24. The van der Waals surface area contributed by atoms with E-state index in [0.717, 1.165) is 6.42 Å². The molecule has 0 saturated carbocycles. The summed E-state index contributed by atoms with van der Waals surface area (Å²) in [5, 5.41) is 0. The van der Waals surface area contributed by atoms with E-state index in [0.29, 0.717) is 5.75 Å². The van der Waals surface area contributed by atoms with Crippen molar-refractivity contribution in [1.82, 2.24) is 0 Å². The Labute approximate surface area is 116 Å². The van der Waals surface area contributed by atoms with Crippen molar-refractivity contribution in [2.45, 2.75) is 46.5 Å². The van der Waals surface area contributed by atoms with Gasteiger partial charge in [-0.05, 0) is 34.9 Å². The van der Waals surface area contributed by atoms with Crippen molar-refractivity contribution in [2.75, 3.05) is 6.66 Å². The second-order valence-corrected chi connectivity index (χ2v) is 8.83. The normalized spacial score (nSPS) is 15.9. The summed E-state index contributed by atoms with van der Waals surface area (Å²) in [6, 6.07) is 7.45. The fourth-order valence-electron chi connectivity index (χ4n) is 2.59. The molecule has 19 heavy (non-hydrogen) atoms. The van der Waals surface area contributed by atoms with Crippen molar-refractivity contribution in [3.05, 3.63) is 29.8 Å². The maximum atomic E-state index is 11.2. The van der Waals surface area contributed by atoms with Crippen LogP contribution in [0.4, 0.5) is 0 Å². The van der Waals surface area contributed by atoms with Gasteiger partial charge in [-0.2, -0.15) is 0 Å². The molecule has 0 aliphatic rings. The Morgan fingerprint density at radius 3 is 1.95 bits per heavy atom. The molecule has 1 N–H and O–H groups in total. The average molecular weight is 284 g/mol. The molecule has 1 unspecified atom stereocenters. The van der Waals surface area contributed by atoms with E-state index in [1.807, 2.05) is 12.1 Å². The molecule has 0 radical (unpaired) electrons. The quantitative estimate of drug-likeness (QED) is 0.822. The van der Waals surface area contributed by atoms with Gasteiger partial charge in [0.25, 0.3) is 0 Å². The van der Waals surface area contributed by atoms with Crippen LogP contribution in [-0.2, 0) is 9.98 Å². The van der Waals surface area contributed by atoms with Crippen molar-refractivity contribution in [3.63, 3.8) is 0 Å². The van der Waals surface area contributed by atoms with Crippen LogP contribution in [0.15, 0.2) is 24.3 Å². The highest BCUT2D eigenvalue weighted by molar-refractivity contribution is 7.52. The molecule has 1 rings (SSSR count). The van der Waals surface area contributed by atoms with Gasteiger partial charge in [0.15, 0.2) is 0 Å². The summed E-state index contributed by atoms with van der Waals surface area (Å²) in [4.78, 5) is 9.19. The fourth-order valence-corrected chi connectivity index (χ4v) is 3.10. The zero-order chi connectivity index (χ0) is 14.9. The van der Waals surface area contributed by atoms with Crippen molar-refractivity contribution in [2.24, 2.45) is 5.41 Å². The molecule has 0 saturated heterocycles. The van der Waals surface area contributed by atoms with Crippen LogP contribution in [-0.4, -0.2) is 11.6 Å². The van der Waals surface area contributed by atoms with E-state index >= 15 is 0 Å². The summed E-state index contributed by atoms with van der Waals surface area (Å²) < 4.78 is 16.2. The van der Waals surface area contributed by atoms with E-state index in [2.05, 4.69) is 34.6 Å². The maximum absolute atomic E-state index is 11.2. The number of hydrogen-bond acceptors (Lipinski definition) is 2. The zero-order valence-electron chi connectivity index (χ0n) is 12.7. The predicted molar refractivity (Wildman–Crippen MR) is 79.9 cm³/mol. The molecule has 1 aromatic rings. The zero-order valence-corrected chi connectivity index (χ0v) is 13.6. The molecule has 1 aromatic carbocycles. The van der Waals surface area contributed by atoms with Crippen LogP contribution >= 0.6 is 7.60 Å². The first-order valence-electron chi connectivity index (χ1n) is 6.49. The minimum atomic E-state index is -3.48. The Balaban J connectivity index is 2.89. The van der Waals surface area contributed by atoms with Gasteiger partial charge >= 0.3 is 7.60 Å². The van der Waals surface area contributed by atoms with E-state index in [-0.39, 0.29) is 10.8 Å². The Morgan fingerprint density at radius 2 is 1.58 bits per heavy atom. The van der Waals surface area contributed by atoms with Crippen LogP contribution in [0.3, 0.4) is 0 Å². The van der Waals surface area contributed by atoms with E-state index < -0.39 is 7.60 Å². The highest BCUT2D eigenvalue weighted by Gasteiger charge is 2.27. The number of hydrogen-bond donors (Lipinski definition) is 1. The topological polar surface area (TPSA) is 46.5 Å². The van der Waals surface area contributed by atoms with Gasteiger partial charge in [-0.25, -0.2) is 4.57 Å². The molecule has 0 aromatic heterocycles. The molecule has 108 valence electrons. The number of benzene rings is 1. The summed E-state index contributed by atoms with van der Waals surface area (Å²) in [5.41, 5.74) is 1.52. The molecule has 0 heterocycles. The van der Waals surface area contributed by atoms with Gasteiger partial charge in [-0.15, -0.1) is 0 Å². The van der Waals surface area contributed by atoms with Gasteiger partial charge in [0.2, 0.25) is 0 Å². The molecule has 0 amide bonds. The molecule has 0 aliphatic heterocycles. The molecule has 0 bridgehead atoms. The van der Waals surface area contributed by atoms with E-state index in [1.54, 1.807) is 12.1 Å². The predicted octanol–water partition coefficient (Wildman–Crippen LogP) is 4.59. The van der Waals surface area contributed by atoms with Crippen LogP contribution in [0, 0.1) is 5.41 Å². The minimum absolute atomic E-state index is 0.0614. The van der Waals surface area contributed by atoms with Gasteiger partial charge in [0.05, 0.1) is 0 Å². The van der Waals surface area contributed by atoms with Crippen LogP contribution in [0.5, 0.6) is 5.75 Å². The lowest BCUT2D eigenvalue weighted by Gasteiger charge is -2.33. The molecule has 0 fully saturated rings. The van der Waals surface area contributed by atoms with Crippen LogP contribution < -0.4 is 4.52 Å². The minimum Gasteiger partial charge on any atom is -0.425 e. The molecule has 4 heteroatoms. The first kappa shape index (κ1) is 16.3. The second kappa shape index (κ2) is 5.30. The molecular formula is C15H25O3P. The van der Waals surface area contributed by atoms with Crippen molar-refractivity contribution in [3.8, 4) is 5.75 Å². The number of rotatable bonds is 4. The van der Waals surface area contributed by atoms with Gasteiger partial charge < -0.3 is 9.42 Å². The first-order valence-corrected chi connectivity index (χ1v) is 8.52. The Bertz CT molecular complexity index is 463. The van der Waals surface area contributed by atoms with Gasteiger partial charge in [-0.1, -0.05) is 46.8 Å². The third-order valence-corrected chi connectivity index (χ3v) is 3.43. The Hall–Kier alpha value is -0.790. The maximum Gasteiger partial charge on any atom is 0.373 e. The van der Waals surface area contributed by atoms with Crippen molar-refractivity contribution >= 4 is 7.60 Å². The lowest BCUT2D eigenvalue weighted by molar-refractivity contribution is 0.284. The van der Waals surface area contributed by atoms with Gasteiger partial charge in [0, 0.05) is 6.66 Å². The summed E-state index contributed by atoms with van der Waals surface area (Å²) >= 11 is 0. The van der Waals surface area contributed by atoms with Crippen LogP contribution in [0.1, 0.15) is 46.6 Å². The van der Waals surface area contributed by atoms with E-state index in [9.17, 15) is 9.46 Å². The van der Waals surface area contributed by atoms with Gasteiger partial charge in [-0.3, -0.25) is 0 Å². The smallest absolute Gasteiger partial charge is 0.373 e. The Morgan fingerprint density at radius 1 is 1.11 bits per heavy atom. The van der Waals surface area contributed by atoms with Crippen molar-refractivity contribution in [1.29, 1.82) is 0 Å².